The molecule has 1 aromatic rings. The van der Waals surface area contributed by atoms with Crippen LogP contribution in [0.4, 0.5) is 5.69 Å². The van der Waals surface area contributed by atoms with E-state index >= 15 is 0 Å². The van der Waals surface area contributed by atoms with E-state index in [4.69, 9.17) is 17.3 Å². The highest BCUT2D eigenvalue weighted by atomic mass is 35.5. The van der Waals surface area contributed by atoms with Gasteiger partial charge in [-0.05, 0) is 44.1 Å². The van der Waals surface area contributed by atoms with Crippen LogP contribution in [0.5, 0.6) is 0 Å². The summed E-state index contributed by atoms with van der Waals surface area (Å²) < 4.78 is 0. The molecule has 0 saturated carbocycles. The average Bonchev–Trinajstić information content (AvgIpc) is 2.64. The molecule has 0 radical (unpaired) electrons. The number of hydrogen-bond acceptors (Lipinski definition) is 4. The fourth-order valence-corrected chi connectivity index (χ4v) is 3.10. The Morgan fingerprint density at radius 3 is 2.83 bits per heavy atom. The van der Waals surface area contributed by atoms with E-state index in [0.717, 1.165) is 37.2 Å². The SMILES string of the molecule is NC1=Nc2ccc(Cl)cc2C1(O)C1CCNCC1. The first-order valence-electron chi connectivity index (χ1n) is 6.20. The van der Waals surface area contributed by atoms with Gasteiger partial charge in [-0.15, -0.1) is 0 Å². The van der Waals surface area contributed by atoms with Crippen molar-refractivity contribution >= 4 is 23.1 Å². The summed E-state index contributed by atoms with van der Waals surface area (Å²) in [5, 5.41) is 14.9. The zero-order valence-corrected chi connectivity index (χ0v) is 10.7. The van der Waals surface area contributed by atoms with Gasteiger partial charge in [0, 0.05) is 16.5 Å². The largest absolute Gasteiger partial charge is 0.384 e. The fourth-order valence-electron chi connectivity index (χ4n) is 2.93. The summed E-state index contributed by atoms with van der Waals surface area (Å²) in [5.41, 5.74) is 6.31. The van der Waals surface area contributed by atoms with E-state index in [1.54, 1.807) is 12.1 Å². The van der Waals surface area contributed by atoms with Crippen LogP contribution in [0.15, 0.2) is 23.2 Å². The molecule has 3 rings (SSSR count). The van der Waals surface area contributed by atoms with Gasteiger partial charge in [0.05, 0.1) is 5.69 Å². The number of halogens is 1. The minimum absolute atomic E-state index is 0.0993. The standard InChI is InChI=1S/C13H16ClN3O/c14-9-1-2-11-10(7-9)13(18,12(15)17-11)8-3-5-16-6-4-8/h1-2,7-8,16,18H,3-6H2,(H2,15,17). The molecule has 0 aliphatic carbocycles. The highest BCUT2D eigenvalue weighted by Crippen LogP contribution is 2.45. The Morgan fingerprint density at radius 1 is 1.39 bits per heavy atom. The molecule has 1 fully saturated rings. The van der Waals surface area contributed by atoms with Crippen LogP contribution in [-0.4, -0.2) is 24.0 Å². The summed E-state index contributed by atoms with van der Waals surface area (Å²) in [6.07, 6.45) is 1.78. The number of nitrogens with one attached hydrogen (secondary N) is 1. The van der Waals surface area contributed by atoms with E-state index in [1.165, 1.54) is 0 Å². The lowest BCUT2D eigenvalue weighted by Crippen LogP contribution is -2.48. The predicted molar refractivity (Wildman–Crippen MR) is 72.2 cm³/mol. The number of aliphatic hydroxyl groups is 1. The van der Waals surface area contributed by atoms with Crippen molar-refractivity contribution in [2.24, 2.45) is 16.6 Å². The van der Waals surface area contributed by atoms with Gasteiger partial charge in [0.1, 0.15) is 5.84 Å². The first kappa shape index (κ1) is 12.0. The molecule has 2 aliphatic heterocycles. The van der Waals surface area contributed by atoms with E-state index in [9.17, 15) is 5.11 Å². The van der Waals surface area contributed by atoms with Gasteiger partial charge in [0.25, 0.3) is 0 Å². The van der Waals surface area contributed by atoms with Crippen LogP contribution in [0.2, 0.25) is 5.02 Å². The van der Waals surface area contributed by atoms with Gasteiger partial charge in [0.15, 0.2) is 5.60 Å². The van der Waals surface area contributed by atoms with Crippen molar-refractivity contribution < 1.29 is 5.11 Å². The smallest absolute Gasteiger partial charge is 0.151 e. The van der Waals surface area contributed by atoms with E-state index in [1.807, 2.05) is 6.07 Å². The van der Waals surface area contributed by atoms with Crippen LogP contribution >= 0.6 is 11.6 Å². The Balaban J connectivity index is 2.06. The highest BCUT2D eigenvalue weighted by Gasteiger charge is 2.47. The van der Waals surface area contributed by atoms with Crippen LogP contribution in [0.1, 0.15) is 18.4 Å². The summed E-state index contributed by atoms with van der Waals surface area (Å²) in [4.78, 5) is 4.29. The number of rotatable bonds is 1. The van der Waals surface area contributed by atoms with Crippen molar-refractivity contribution in [3.05, 3.63) is 28.8 Å². The van der Waals surface area contributed by atoms with Gasteiger partial charge in [-0.1, -0.05) is 11.6 Å². The van der Waals surface area contributed by atoms with Crippen molar-refractivity contribution in [2.45, 2.75) is 18.4 Å². The Hall–Kier alpha value is -1.10. The summed E-state index contributed by atoms with van der Waals surface area (Å²) in [6.45, 7) is 1.80. The Morgan fingerprint density at radius 2 is 2.11 bits per heavy atom. The van der Waals surface area contributed by atoms with Crippen molar-refractivity contribution in [1.82, 2.24) is 5.32 Å². The summed E-state index contributed by atoms with van der Waals surface area (Å²) >= 11 is 6.02. The van der Waals surface area contributed by atoms with E-state index < -0.39 is 5.60 Å². The van der Waals surface area contributed by atoms with Gasteiger partial charge >= 0.3 is 0 Å². The third-order valence-corrected chi connectivity index (χ3v) is 4.17. The molecule has 0 aromatic heterocycles. The molecule has 0 amide bonds. The zero-order valence-electron chi connectivity index (χ0n) is 9.99. The summed E-state index contributed by atoms with van der Waals surface area (Å²) in [6, 6.07) is 5.36. The average molecular weight is 266 g/mol. The molecule has 96 valence electrons. The normalized spacial score (nSPS) is 28.0. The molecule has 1 aromatic carbocycles. The maximum Gasteiger partial charge on any atom is 0.151 e. The predicted octanol–water partition coefficient (Wildman–Crippen LogP) is 1.53. The molecule has 0 bridgehead atoms. The molecular formula is C13H16ClN3O. The lowest BCUT2D eigenvalue weighted by molar-refractivity contribution is 0.0314. The summed E-state index contributed by atoms with van der Waals surface area (Å²) in [5.74, 6) is 0.397. The number of nitrogens with zero attached hydrogens (tertiary/aromatic N) is 1. The van der Waals surface area contributed by atoms with Crippen molar-refractivity contribution in [2.75, 3.05) is 13.1 Å². The molecule has 1 saturated heterocycles. The molecule has 2 heterocycles. The maximum absolute atomic E-state index is 11.0. The highest BCUT2D eigenvalue weighted by molar-refractivity contribution is 6.30. The van der Waals surface area contributed by atoms with Crippen LogP contribution in [0.3, 0.4) is 0 Å². The molecule has 0 spiro atoms. The fraction of sp³-hybridized carbons (Fsp3) is 0.462. The van der Waals surface area contributed by atoms with Crippen LogP contribution in [0, 0.1) is 5.92 Å². The molecule has 5 heteroatoms. The number of fused-ring (bicyclic) bond motifs is 1. The second-order valence-electron chi connectivity index (χ2n) is 4.95. The number of benzene rings is 1. The van der Waals surface area contributed by atoms with Gasteiger partial charge < -0.3 is 16.2 Å². The molecule has 1 unspecified atom stereocenters. The first-order chi connectivity index (χ1) is 8.62. The first-order valence-corrected chi connectivity index (χ1v) is 6.58. The third kappa shape index (κ3) is 1.64. The Labute approximate surface area is 111 Å². The topological polar surface area (TPSA) is 70.6 Å². The maximum atomic E-state index is 11.0. The van der Waals surface area contributed by atoms with Gasteiger partial charge in [-0.3, -0.25) is 0 Å². The van der Waals surface area contributed by atoms with E-state index in [-0.39, 0.29) is 5.92 Å². The van der Waals surface area contributed by atoms with Crippen LogP contribution in [0.25, 0.3) is 0 Å². The van der Waals surface area contributed by atoms with Gasteiger partial charge in [-0.2, -0.15) is 0 Å². The minimum Gasteiger partial charge on any atom is -0.384 e. The van der Waals surface area contributed by atoms with Crippen molar-refractivity contribution in [1.29, 1.82) is 0 Å². The molecule has 4 nitrogen and oxygen atoms in total. The van der Waals surface area contributed by atoms with Crippen LogP contribution < -0.4 is 11.1 Å². The van der Waals surface area contributed by atoms with Gasteiger partial charge in [0.2, 0.25) is 0 Å². The Kier molecular flexibility index (Phi) is 2.81. The van der Waals surface area contributed by atoms with Crippen molar-refractivity contribution in [3.63, 3.8) is 0 Å². The number of hydrogen-bond donors (Lipinski definition) is 3. The molecular weight excluding hydrogens is 250 g/mol. The molecule has 18 heavy (non-hydrogen) atoms. The second-order valence-corrected chi connectivity index (χ2v) is 5.39. The lowest BCUT2D eigenvalue weighted by Gasteiger charge is -2.36. The third-order valence-electron chi connectivity index (χ3n) is 3.93. The number of amidine groups is 1. The van der Waals surface area contributed by atoms with E-state index in [0.29, 0.717) is 10.9 Å². The minimum atomic E-state index is -1.15. The second kappa shape index (κ2) is 4.23. The van der Waals surface area contributed by atoms with Crippen molar-refractivity contribution in [3.8, 4) is 0 Å². The summed E-state index contributed by atoms with van der Waals surface area (Å²) in [7, 11) is 0. The lowest BCUT2D eigenvalue weighted by atomic mass is 9.76. The molecule has 1 atom stereocenters. The zero-order chi connectivity index (χ0) is 12.8. The Bertz CT molecular complexity index is 511. The number of aliphatic imine (C=N–C) groups is 1. The quantitative estimate of drug-likeness (QED) is 0.721. The monoisotopic (exact) mass is 265 g/mol. The van der Waals surface area contributed by atoms with Crippen LogP contribution in [-0.2, 0) is 5.60 Å². The number of nitrogens with two attached hydrogens (primary N) is 1. The van der Waals surface area contributed by atoms with E-state index in [2.05, 4.69) is 10.3 Å². The van der Waals surface area contributed by atoms with Gasteiger partial charge in [-0.25, -0.2) is 4.99 Å². The molecule has 2 aliphatic rings. The number of piperidine rings is 1. The molecule has 4 N–H and O–H groups in total.